The number of benzene rings is 2. The lowest BCUT2D eigenvalue weighted by molar-refractivity contribution is -0.140. The summed E-state index contributed by atoms with van der Waals surface area (Å²) in [7, 11) is 0. The molecule has 2 aromatic rings. The number of carboxylic acids is 2. The van der Waals surface area contributed by atoms with Crippen LogP contribution in [0.2, 0.25) is 0 Å². The third-order valence-electron chi connectivity index (χ3n) is 6.11. The van der Waals surface area contributed by atoms with E-state index in [2.05, 4.69) is 0 Å². The molecule has 32 heavy (non-hydrogen) atoms. The van der Waals surface area contributed by atoms with Crippen LogP contribution in [0.5, 0.6) is 0 Å². The quantitative estimate of drug-likeness (QED) is 0.665. The molecule has 3 amide bonds. The van der Waals surface area contributed by atoms with Crippen LogP contribution in [-0.2, 0) is 14.4 Å². The minimum Gasteiger partial charge on any atom is -0.480 e. The van der Waals surface area contributed by atoms with Crippen molar-refractivity contribution in [3.05, 3.63) is 54.6 Å². The van der Waals surface area contributed by atoms with E-state index in [4.69, 9.17) is 5.11 Å². The van der Waals surface area contributed by atoms with Crippen molar-refractivity contribution in [3.63, 3.8) is 0 Å². The number of hydrogen-bond acceptors (Lipinski definition) is 5. The van der Waals surface area contributed by atoms with E-state index in [1.807, 2.05) is 42.5 Å². The molecule has 2 saturated heterocycles. The summed E-state index contributed by atoms with van der Waals surface area (Å²) in [6.45, 7) is -0.200. The number of piperidine rings is 1. The molecule has 1 spiro atoms. The minimum absolute atomic E-state index is 0.165. The van der Waals surface area contributed by atoms with Gasteiger partial charge in [0.25, 0.3) is 5.91 Å². The fourth-order valence-corrected chi connectivity index (χ4v) is 4.49. The molecule has 9 nitrogen and oxygen atoms in total. The van der Waals surface area contributed by atoms with Crippen molar-refractivity contribution in [1.82, 2.24) is 9.80 Å². The summed E-state index contributed by atoms with van der Waals surface area (Å²) in [5.41, 5.74) is 1.00. The Balaban J connectivity index is 1.62. The average molecular weight is 437 g/mol. The SMILES string of the molecule is O=C(O)CN1CCC2(CC1)C(=O)N(c1ccc(-c3ccccc3)cc1)C(=O)N2CC(=O)O. The van der Waals surface area contributed by atoms with Crippen molar-refractivity contribution in [2.45, 2.75) is 18.4 Å². The van der Waals surface area contributed by atoms with Gasteiger partial charge >= 0.3 is 18.0 Å². The molecule has 0 aromatic heterocycles. The maximum Gasteiger partial charge on any atom is 0.332 e. The van der Waals surface area contributed by atoms with Crippen molar-refractivity contribution in [3.8, 4) is 11.1 Å². The fourth-order valence-electron chi connectivity index (χ4n) is 4.49. The van der Waals surface area contributed by atoms with Crippen LogP contribution in [0.1, 0.15) is 12.8 Å². The second-order valence-corrected chi connectivity index (χ2v) is 8.02. The largest absolute Gasteiger partial charge is 0.480 e. The summed E-state index contributed by atoms with van der Waals surface area (Å²) < 4.78 is 0. The zero-order chi connectivity index (χ0) is 22.9. The summed E-state index contributed by atoms with van der Waals surface area (Å²) in [5.74, 6) is -2.65. The van der Waals surface area contributed by atoms with Crippen molar-refractivity contribution < 1.29 is 29.4 Å². The van der Waals surface area contributed by atoms with E-state index in [0.29, 0.717) is 5.69 Å². The van der Waals surface area contributed by atoms with Crippen molar-refractivity contribution in [2.24, 2.45) is 0 Å². The predicted octanol–water partition coefficient (Wildman–Crippen LogP) is 2.13. The van der Waals surface area contributed by atoms with Gasteiger partial charge in [-0.05, 0) is 36.1 Å². The zero-order valence-electron chi connectivity index (χ0n) is 17.3. The second-order valence-electron chi connectivity index (χ2n) is 8.02. The van der Waals surface area contributed by atoms with Gasteiger partial charge in [0.05, 0.1) is 12.2 Å². The van der Waals surface area contributed by atoms with Crippen LogP contribution in [0, 0.1) is 0 Å². The monoisotopic (exact) mass is 437 g/mol. The first-order chi connectivity index (χ1) is 15.3. The maximum atomic E-state index is 13.5. The van der Waals surface area contributed by atoms with Gasteiger partial charge in [-0.3, -0.25) is 24.2 Å². The third-order valence-corrected chi connectivity index (χ3v) is 6.11. The highest BCUT2D eigenvalue weighted by Gasteiger charge is 2.58. The van der Waals surface area contributed by atoms with Gasteiger partial charge in [-0.1, -0.05) is 42.5 Å². The van der Waals surface area contributed by atoms with E-state index in [9.17, 15) is 24.3 Å². The van der Waals surface area contributed by atoms with Crippen LogP contribution in [0.15, 0.2) is 54.6 Å². The van der Waals surface area contributed by atoms with Crippen molar-refractivity contribution in [1.29, 1.82) is 0 Å². The topological polar surface area (TPSA) is 118 Å². The van der Waals surface area contributed by atoms with Gasteiger partial charge in [0.2, 0.25) is 0 Å². The lowest BCUT2D eigenvalue weighted by atomic mass is 9.85. The maximum absolute atomic E-state index is 13.5. The highest BCUT2D eigenvalue weighted by molar-refractivity contribution is 6.23. The smallest absolute Gasteiger partial charge is 0.332 e. The van der Waals surface area contributed by atoms with Crippen LogP contribution in [0.4, 0.5) is 10.5 Å². The number of carbonyl (C=O) groups is 4. The molecular weight excluding hydrogens is 414 g/mol. The van der Waals surface area contributed by atoms with Gasteiger partial charge < -0.3 is 10.2 Å². The number of nitrogens with zero attached hydrogens (tertiary/aromatic N) is 3. The number of urea groups is 1. The van der Waals surface area contributed by atoms with Crippen LogP contribution in [0.25, 0.3) is 11.1 Å². The number of carbonyl (C=O) groups excluding carboxylic acids is 2. The summed E-state index contributed by atoms with van der Waals surface area (Å²) in [4.78, 5) is 53.0. The molecule has 2 fully saturated rings. The molecule has 0 bridgehead atoms. The highest BCUT2D eigenvalue weighted by Crippen LogP contribution is 2.39. The number of amides is 3. The second kappa shape index (κ2) is 8.43. The molecule has 0 saturated carbocycles. The fraction of sp³-hybridized carbons (Fsp3) is 0.304. The number of imide groups is 1. The molecule has 166 valence electrons. The Kier molecular flexibility index (Phi) is 5.67. The molecule has 4 rings (SSSR count). The lowest BCUT2D eigenvalue weighted by Crippen LogP contribution is -2.58. The molecule has 0 aliphatic carbocycles. The molecule has 0 radical (unpaired) electrons. The van der Waals surface area contributed by atoms with Crippen LogP contribution >= 0.6 is 0 Å². The highest BCUT2D eigenvalue weighted by atomic mass is 16.4. The molecule has 0 unspecified atom stereocenters. The van der Waals surface area contributed by atoms with Crippen LogP contribution in [-0.4, -0.2) is 75.6 Å². The van der Waals surface area contributed by atoms with Crippen LogP contribution < -0.4 is 4.90 Å². The Morgan fingerprint density at radius 2 is 1.38 bits per heavy atom. The average Bonchev–Trinajstić information content (AvgIpc) is 2.97. The summed E-state index contributed by atoms with van der Waals surface area (Å²) in [6, 6.07) is 16.0. The van der Waals surface area contributed by atoms with Gasteiger partial charge in [-0.25, -0.2) is 9.69 Å². The molecular formula is C23H23N3O6. The first-order valence-electron chi connectivity index (χ1n) is 10.3. The number of aliphatic carboxylic acids is 2. The number of anilines is 1. The van der Waals surface area contributed by atoms with Crippen molar-refractivity contribution in [2.75, 3.05) is 31.1 Å². The van der Waals surface area contributed by atoms with Crippen molar-refractivity contribution >= 4 is 29.6 Å². The van der Waals surface area contributed by atoms with E-state index in [0.717, 1.165) is 20.9 Å². The molecule has 0 atom stereocenters. The third kappa shape index (κ3) is 3.82. The van der Waals surface area contributed by atoms with E-state index in [-0.39, 0.29) is 32.5 Å². The molecule has 2 heterocycles. The first-order valence-corrected chi connectivity index (χ1v) is 10.3. The van der Waals surface area contributed by atoms with Gasteiger partial charge in [0.1, 0.15) is 12.1 Å². The van der Waals surface area contributed by atoms with E-state index in [1.165, 1.54) is 0 Å². The van der Waals surface area contributed by atoms with E-state index < -0.39 is 36.0 Å². The Hall–Kier alpha value is -3.72. The number of rotatable bonds is 6. The summed E-state index contributed by atoms with van der Waals surface area (Å²) >= 11 is 0. The van der Waals surface area contributed by atoms with Gasteiger partial charge in [0.15, 0.2) is 0 Å². The predicted molar refractivity (Wildman–Crippen MR) is 115 cm³/mol. The number of hydrogen-bond donors (Lipinski definition) is 2. The van der Waals surface area contributed by atoms with Gasteiger partial charge in [-0.2, -0.15) is 0 Å². The normalized spacial score (nSPS) is 18.4. The van der Waals surface area contributed by atoms with Crippen LogP contribution in [0.3, 0.4) is 0 Å². The van der Waals surface area contributed by atoms with E-state index in [1.54, 1.807) is 17.0 Å². The Bertz CT molecular complexity index is 1050. The molecule has 9 heteroatoms. The molecule has 2 N–H and O–H groups in total. The lowest BCUT2D eigenvalue weighted by Gasteiger charge is -2.41. The van der Waals surface area contributed by atoms with E-state index >= 15 is 0 Å². The standard InChI is InChI=1S/C23H23N3O6/c27-19(28)14-24-12-10-23(11-13-24)21(31)26(22(32)25(23)15-20(29)30)18-8-6-17(7-9-18)16-4-2-1-3-5-16/h1-9H,10-15H2,(H,27,28)(H,29,30). The van der Waals surface area contributed by atoms with Gasteiger partial charge in [-0.15, -0.1) is 0 Å². The Morgan fingerprint density at radius 3 is 1.94 bits per heavy atom. The van der Waals surface area contributed by atoms with Gasteiger partial charge in [0, 0.05) is 13.1 Å². The Morgan fingerprint density at radius 1 is 0.812 bits per heavy atom. The summed E-state index contributed by atoms with van der Waals surface area (Å²) in [6.07, 6.45) is 0.355. The Labute approximate surface area is 184 Å². The molecule has 2 aliphatic rings. The zero-order valence-corrected chi connectivity index (χ0v) is 17.3. The number of carboxylic acid groups (broad SMARTS) is 2. The molecule has 2 aromatic carbocycles. The molecule has 2 aliphatic heterocycles. The summed E-state index contributed by atoms with van der Waals surface area (Å²) in [5, 5.41) is 18.4. The first kappa shape index (κ1) is 21.5. The number of likely N-dealkylation sites (tertiary alicyclic amines) is 1. The minimum atomic E-state index is -1.29.